The summed E-state index contributed by atoms with van der Waals surface area (Å²) in [5.41, 5.74) is 3.32. The zero-order valence-electron chi connectivity index (χ0n) is 15.7. The van der Waals surface area contributed by atoms with Crippen LogP contribution in [-0.2, 0) is 11.2 Å². The Morgan fingerprint density at radius 3 is 2.15 bits per heavy atom. The molecule has 0 amide bonds. The molecule has 3 nitrogen and oxygen atoms in total. The summed E-state index contributed by atoms with van der Waals surface area (Å²) in [7, 11) is 0. The first kappa shape index (κ1) is 18.5. The van der Waals surface area contributed by atoms with Gasteiger partial charge in [0, 0.05) is 5.56 Å². The number of benzene rings is 2. The smallest absolute Gasteiger partial charge is 0.213 e. The third-order valence-corrected chi connectivity index (χ3v) is 5.05. The number of nitrogens with one attached hydrogen (secondary N) is 1. The summed E-state index contributed by atoms with van der Waals surface area (Å²) in [6.07, 6.45) is 7.61. The van der Waals surface area contributed by atoms with Crippen molar-refractivity contribution < 1.29 is 9.47 Å². The Bertz CT molecular complexity index is 685. The van der Waals surface area contributed by atoms with Gasteiger partial charge in [0.05, 0.1) is 13.2 Å². The van der Waals surface area contributed by atoms with E-state index in [0.29, 0.717) is 6.61 Å². The molecule has 2 aromatic rings. The van der Waals surface area contributed by atoms with E-state index in [4.69, 9.17) is 14.9 Å². The summed E-state index contributed by atoms with van der Waals surface area (Å²) in [6.45, 7) is 3.27. The molecule has 0 unspecified atom stereocenters. The Kier molecular flexibility index (Phi) is 6.70. The van der Waals surface area contributed by atoms with E-state index in [1.165, 1.54) is 43.2 Å². The maximum atomic E-state index is 7.82. The fraction of sp³-hybridized carbons (Fsp3) is 0.435. The molecule has 1 aliphatic rings. The molecule has 0 spiro atoms. The molecule has 0 heterocycles. The van der Waals surface area contributed by atoms with Crippen LogP contribution in [0, 0.1) is 11.3 Å². The summed E-state index contributed by atoms with van der Waals surface area (Å²) in [4.78, 5) is 0. The zero-order chi connectivity index (χ0) is 18.2. The molecule has 1 saturated carbocycles. The molecular weight excluding hydrogens is 322 g/mol. The third kappa shape index (κ3) is 5.35. The van der Waals surface area contributed by atoms with E-state index in [2.05, 4.69) is 36.4 Å². The predicted octanol–water partition coefficient (Wildman–Crippen LogP) is 5.60. The van der Waals surface area contributed by atoms with Gasteiger partial charge in [0.15, 0.2) is 0 Å². The van der Waals surface area contributed by atoms with Gasteiger partial charge in [-0.2, -0.15) is 0 Å². The molecule has 1 fully saturated rings. The van der Waals surface area contributed by atoms with Crippen LogP contribution in [0.2, 0.25) is 0 Å². The second kappa shape index (κ2) is 9.42. The molecule has 0 aromatic heterocycles. The molecule has 3 rings (SSSR count). The molecule has 1 N–H and O–H groups in total. The molecule has 1 aliphatic carbocycles. The molecule has 3 heteroatoms. The summed E-state index contributed by atoms with van der Waals surface area (Å²) >= 11 is 0. The molecule has 0 atom stereocenters. The molecule has 0 saturated heterocycles. The highest BCUT2D eigenvalue weighted by atomic mass is 16.5. The van der Waals surface area contributed by atoms with Gasteiger partial charge in [-0.05, 0) is 67.5 Å². The Balaban J connectivity index is 1.51. The van der Waals surface area contributed by atoms with Gasteiger partial charge in [-0.3, -0.25) is 5.41 Å². The Morgan fingerprint density at radius 1 is 0.923 bits per heavy atom. The van der Waals surface area contributed by atoms with Gasteiger partial charge in [0.25, 0.3) is 0 Å². The third-order valence-electron chi connectivity index (χ3n) is 5.05. The minimum Gasteiger partial charge on any atom is -0.493 e. The summed E-state index contributed by atoms with van der Waals surface area (Å²) in [5, 5.41) is 7.82. The first-order chi connectivity index (χ1) is 12.7. The lowest BCUT2D eigenvalue weighted by atomic mass is 9.90. The topological polar surface area (TPSA) is 42.3 Å². The van der Waals surface area contributed by atoms with Crippen molar-refractivity contribution in [1.29, 1.82) is 5.41 Å². The van der Waals surface area contributed by atoms with Crippen molar-refractivity contribution in [3.63, 3.8) is 0 Å². The maximum Gasteiger partial charge on any atom is 0.213 e. The minimum absolute atomic E-state index is 0.235. The molecular formula is C23H29NO2. The van der Waals surface area contributed by atoms with Gasteiger partial charge in [-0.15, -0.1) is 0 Å². The van der Waals surface area contributed by atoms with Crippen molar-refractivity contribution in [3.8, 4) is 5.75 Å². The maximum absolute atomic E-state index is 7.82. The van der Waals surface area contributed by atoms with Crippen LogP contribution in [0.25, 0.3) is 0 Å². The molecule has 0 aliphatic heterocycles. The summed E-state index contributed by atoms with van der Waals surface area (Å²) in [6, 6.07) is 16.5. The Hall–Kier alpha value is -2.29. The predicted molar refractivity (Wildman–Crippen MR) is 106 cm³/mol. The van der Waals surface area contributed by atoms with Crippen molar-refractivity contribution in [3.05, 3.63) is 65.2 Å². The second-order valence-corrected chi connectivity index (χ2v) is 7.09. The summed E-state index contributed by atoms with van der Waals surface area (Å²) < 4.78 is 11.2. The number of rotatable bonds is 7. The van der Waals surface area contributed by atoms with E-state index in [1.54, 1.807) is 0 Å². The van der Waals surface area contributed by atoms with Crippen LogP contribution in [0.5, 0.6) is 5.75 Å². The van der Waals surface area contributed by atoms with Crippen LogP contribution in [0.15, 0.2) is 48.5 Å². The van der Waals surface area contributed by atoms with Crippen LogP contribution in [-0.4, -0.2) is 19.1 Å². The normalized spacial score (nSPS) is 14.8. The number of hydrogen-bond donors (Lipinski definition) is 1. The van der Waals surface area contributed by atoms with E-state index in [1.807, 2.05) is 19.1 Å². The SMILES string of the molecule is CCOC(=N)c1ccc(Cc2ccc(OCC3CCCCC3)cc2)cc1. The van der Waals surface area contributed by atoms with Gasteiger partial charge in [0.2, 0.25) is 5.90 Å². The van der Waals surface area contributed by atoms with Crippen molar-refractivity contribution >= 4 is 5.90 Å². The highest BCUT2D eigenvalue weighted by Gasteiger charge is 2.13. The largest absolute Gasteiger partial charge is 0.493 e. The van der Waals surface area contributed by atoms with Crippen LogP contribution >= 0.6 is 0 Å². The van der Waals surface area contributed by atoms with Crippen LogP contribution < -0.4 is 4.74 Å². The van der Waals surface area contributed by atoms with Gasteiger partial charge in [-0.1, -0.05) is 43.5 Å². The second-order valence-electron chi connectivity index (χ2n) is 7.09. The summed E-state index contributed by atoms with van der Waals surface area (Å²) in [5.74, 6) is 1.94. The molecule has 0 radical (unpaired) electrons. The quantitative estimate of drug-likeness (QED) is 0.521. The van der Waals surface area contributed by atoms with E-state index in [-0.39, 0.29) is 5.90 Å². The monoisotopic (exact) mass is 351 g/mol. The minimum atomic E-state index is 0.235. The molecule has 2 aromatic carbocycles. The lowest BCUT2D eigenvalue weighted by molar-refractivity contribution is 0.209. The van der Waals surface area contributed by atoms with Crippen molar-refractivity contribution in [1.82, 2.24) is 0 Å². The highest BCUT2D eigenvalue weighted by molar-refractivity contribution is 5.91. The fourth-order valence-corrected chi connectivity index (χ4v) is 3.51. The van der Waals surface area contributed by atoms with Crippen LogP contribution in [0.3, 0.4) is 0 Å². The van der Waals surface area contributed by atoms with E-state index in [9.17, 15) is 0 Å². The standard InChI is InChI=1S/C23H29NO2/c1-2-25-23(24)21-12-8-18(9-13-21)16-19-10-14-22(15-11-19)26-17-20-6-4-3-5-7-20/h8-15,20,24H,2-7,16-17H2,1H3. The average molecular weight is 351 g/mol. The Morgan fingerprint density at radius 2 is 1.54 bits per heavy atom. The molecule has 26 heavy (non-hydrogen) atoms. The lowest BCUT2D eigenvalue weighted by Crippen LogP contribution is -2.15. The first-order valence-corrected chi connectivity index (χ1v) is 9.77. The fourth-order valence-electron chi connectivity index (χ4n) is 3.51. The lowest BCUT2D eigenvalue weighted by Gasteiger charge is -2.21. The molecule has 0 bridgehead atoms. The van der Waals surface area contributed by atoms with Crippen LogP contribution in [0.1, 0.15) is 55.7 Å². The van der Waals surface area contributed by atoms with E-state index >= 15 is 0 Å². The highest BCUT2D eigenvalue weighted by Crippen LogP contribution is 2.25. The van der Waals surface area contributed by atoms with Gasteiger partial charge in [0.1, 0.15) is 5.75 Å². The van der Waals surface area contributed by atoms with E-state index < -0.39 is 0 Å². The Labute approximate surface area is 156 Å². The van der Waals surface area contributed by atoms with Gasteiger partial charge in [-0.25, -0.2) is 0 Å². The number of ether oxygens (including phenoxy) is 2. The van der Waals surface area contributed by atoms with E-state index in [0.717, 1.165) is 30.3 Å². The van der Waals surface area contributed by atoms with Crippen molar-refractivity contribution in [2.75, 3.05) is 13.2 Å². The van der Waals surface area contributed by atoms with Crippen LogP contribution in [0.4, 0.5) is 0 Å². The van der Waals surface area contributed by atoms with Gasteiger partial charge < -0.3 is 9.47 Å². The first-order valence-electron chi connectivity index (χ1n) is 9.77. The average Bonchev–Trinajstić information content (AvgIpc) is 2.69. The van der Waals surface area contributed by atoms with Crippen molar-refractivity contribution in [2.45, 2.75) is 45.4 Å². The molecule has 138 valence electrons. The zero-order valence-corrected chi connectivity index (χ0v) is 15.7. The van der Waals surface area contributed by atoms with Crippen molar-refractivity contribution in [2.24, 2.45) is 5.92 Å². The van der Waals surface area contributed by atoms with Gasteiger partial charge >= 0.3 is 0 Å². The number of hydrogen-bond acceptors (Lipinski definition) is 3.